The van der Waals surface area contributed by atoms with E-state index in [-0.39, 0.29) is 0 Å². The lowest BCUT2D eigenvalue weighted by Crippen LogP contribution is -1.98. The molecule has 0 aromatic heterocycles. The number of aryl methyl sites for hydroxylation is 4. The van der Waals surface area contributed by atoms with Crippen molar-refractivity contribution in [2.45, 2.75) is 41.5 Å². The zero-order valence-electron chi connectivity index (χ0n) is 18.9. The van der Waals surface area contributed by atoms with E-state index in [0.717, 1.165) is 39.2 Å². The molecule has 0 heterocycles. The van der Waals surface area contributed by atoms with E-state index < -0.39 is 0 Å². The first-order chi connectivity index (χ1) is 13.9. The SMILES string of the molecule is Cc1ccc(C)c(N)c1N.Cc1ccc(N)c(C)c1N.Cc1ccc(N)c(N)c1C. The van der Waals surface area contributed by atoms with Gasteiger partial charge in [-0.1, -0.05) is 24.3 Å². The summed E-state index contributed by atoms with van der Waals surface area (Å²) >= 11 is 0. The molecule has 0 bridgehead atoms. The average Bonchev–Trinajstić information content (AvgIpc) is 2.73. The van der Waals surface area contributed by atoms with Gasteiger partial charge in [-0.2, -0.15) is 0 Å². The van der Waals surface area contributed by atoms with Crippen molar-refractivity contribution in [2.75, 3.05) is 34.4 Å². The lowest BCUT2D eigenvalue weighted by atomic mass is 10.1. The topological polar surface area (TPSA) is 156 Å². The molecule has 3 rings (SSSR count). The monoisotopic (exact) mass is 408 g/mol. The Morgan fingerprint density at radius 3 is 1.17 bits per heavy atom. The Balaban J connectivity index is 0.000000225. The Kier molecular flexibility index (Phi) is 8.41. The van der Waals surface area contributed by atoms with Crippen molar-refractivity contribution in [2.24, 2.45) is 0 Å². The van der Waals surface area contributed by atoms with Gasteiger partial charge >= 0.3 is 0 Å². The van der Waals surface area contributed by atoms with Crippen LogP contribution in [0, 0.1) is 41.5 Å². The molecule has 30 heavy (non-hydrogen) atoms. The summed E-state index contributed by atoms with van der Waals surface area (Å²) < 4.78 is 0. The molecule has 3 aromatic carbocycles. The number of anilines is 6. The number of rotatable bonds is 0. The largest absolute Gasteiger partial charge is 0.398 e. The molecule has 0 aliphatic carbocycles. The number of hydrogen-bond acceptors (Lipinski definition) is 6. The first-order valence-corrected chi connectivity index (χ1v) is 9.71. The van der Waals surface area contributed by atoms with Gasteiger partial charge in [-0.3, -0.25) is 0 Å². The van der Waals surface area contributed by atoms with E-state index in [0.29, 0.717) is 22.7 Å². The highest BCUT2D eigenvalue weighted by Gasteiger charge is 2.00. The van der Waals surface area contributed by atoms with Crippen molar-refractivity contribution >= 4 is 34.1 Å². The Morgan fingerprint density at radius 2 is 0.733 bits per heavy atom. The lowest BCUT2D eigenvalue weighted by Gasteiger charge is -2.05. The second-order valence-electron chi connectivity index (χ2n) is 7.55. The molecule has 0 spiro atoms. The van der Waals surface area contributed by atoms with Crippen molar-refractivity contribution in [3.8, 4) is 0 Å². The molecule has 0 atom stereocenters. The van der Waals surface area contributed by atoms with Crippen LogP contribution in [-0.4, -0.2) is 0 Å². The number of nitrogen functional groups attached to an aromatic ring is 6. The number of nitrogens with two attached hydrogens (primary N) is 6. The maximum Gasteiger partial charge on any atom is 0.0580 e. The molecule has 0 fully saturated rings. The molecule has 0 unspecified atom stereocenters. The van der Waals surface area contributed by atoms with E-state index in [1.165, 1.54) is 5.56 Å². The zero-order chi connectivity index (χ0) is 23.2. The van der Waals surface area contributed by atoms with Gasteiger partial charge in [0.15, 0.2) is 0 Å². The minimum atomic E-state index is 0.670. The molecule has 0 saturated heterocycles. The summed E-state index contributed by atoms with van der Waals surface area (Å²) in [5, 5.41) is 0. The van der Waals surface area contributed by atoms with Crippen LogP contribution in [0.25, 0.3) is 0 Å². The summed E-state index contributed by atoms with van der Waals surface area (Å²) in [6.07, 6.45) is 0. The zero-order valence-corrected chi connectivity index (χ0v) is 18.9. The van der Waals surface area contributed by atoms with Crippen molar-refractivity contribution in [3.63, 3.8) is 0 Å². The molecule has 0 radical (unpaired) electrons. The average molecular weight is 409 g/mol. The van der Waals surface area contributed by atoms with Gasteiger partial charge in [-0.15, -0.1) is 0 Å². The third-order valence-electron chi connectivity index (χ3n) is 5.32. The molecule has 12 N–H and O–H groups in total. The van der Waals surface area contributed by atoms with Crippen molar-refractivity contribution in [3.05, 3.63) is 69.8 Å². The van der Waals surface area contributed by atoms with E-state index in [4.69, 9.17) is 34.4 Å². The Hall–Kier alpha value is -3.54. The van der Waals surface area contributed by atoms with Crippen molar-refractivity contribution in [1.29, 1.82) is 0 Å². The quantitative estimate of drug-likeness (QED) is 0.303. The molecule has 0 aliphatic rings. The highest BCUT2D eigenvalue weighted by Crippen LogP contribution is 2.23. The third kappa shape index (κ3) is 5.98. The van der Waals surface area contributed by atoms with Gasteiger partial charge in [0.25, 0.3) is 0 Å². The first-order valence-electron chi connectivity index (χ1n) is 9.71. The van der Waals surface area contributed by atoms with Crippen LogP contribution in [0.15, 0.2) is 36.4 Å². The van der Waals surface area contributed by atoms with Gasteiger partial charge in [0.05, 0.1) is 22.7 Å². The van der Waals surface area contributed by atoms with Gasteiger partial charge in [-0.25, -0.2) is 0 Å². The highest BCUT2D eigenvalue weighted by molar-refractivity contribution is 5.70. The van der Waals surface area contributed by atoms with Gasteiger partial charge in [-0.05, 0) is 87.1 Å². The van der Waals surface area contributed by atoms with Crippen LogP contribution in [0.2, 0.25) is 0 Å². The molecular formula is C24H36N6. The molecule has 0 aliphatic heterocycles. The number of hydrogen-bond donors (Lipinski definition) is 6. The summed E-state index contributed by atoms with van der Waals surface area (Å²) in [4.78, 5) is 0. The van der Waals surface area contributed by atoms with E-state index in [9.17, 15) is 0 Å². The van der Waals surface area contributed by atoms with Gasteiger partial charge in [0.1, 0.15) is 0 Å². The maximum absolute atomic E-state index is 5.70. The van der Waals surface area contributed by atoms with Crippen LogP contribution >= 0.6 is 0 Å². The van der Waals surface area contributed by atoms with Gasteiger partial charge < -0.3 is 34.4 Å². The predicted octanol–water partition coefficient (Wildman–Crippen LogP) is 4.40. The second kappa shape index (κ2) is 10.3. The third-order valence-corrected chi connectivity index (χ3v) is 5.32. The number of benzene rings is 3. The van der Waals surface area contributed by atoms with Crippen LogP contribution in [-0.2, 0) is 0 Å². The van der Waals surface area contributed by atoms with Crippen LogP contribution < -0.4 is 34.4 Å². The summed E-state index contributed by atoms with van der Waals surface area (Å²) in [6, 6.07) is 11.6. The Labute approximate surface area is 180 Å². The molecule has 0 saturated carbocycles. The minimum absolute atomic E-state index is 0.670. The normalized spacial score (nSPS) is 9.80. The smallest absolute Gasteiger partial charge is 0.0580 e. The summed E-state index contributed by atoms with van der Waals surface area (Å²) in [5.74, 6) is 0. The summed E-state index contributed by atoms with van der Waals surface area (Å²) in [7, 11) is 0. The molecule has 162 valence electrons. The molecule has 6 heteroatoms. The van der Waals surface area contributed by atoms with E-state index in [1.807, 2.05) is 77.9 Å². The van der Waals surface area contributed by atoms with Crippen molar-refractivity contribution in [1.82, 2.24) is 0 Å². The first kappa shape index (κ1) is 24.5. The maximum atomic E-state index is 5.70. The van der Waals surface area contributed by atoms with Crippen LogP contribution in [0.1, 0.15) is 33.4 Å². The molecule has 3 aromatic rings. The van der Waals surface area contributed by atoms with E-state index >= 15 is 0 Å². The van der Waals surface area contributed by atoms with Crippen LogP contribution in [0.3, 0.4) is 0 Å². The highest BCUT2D eigenvalue weighted by atomic mass is 14.7. The van der Waals surface area contributed by atoms with Crippen LogP contribution in [0.5, 0.6) is 0 Å². The predicted molar refractivity (Wildman–Crippen MR) is 134 cm³/mol. The van der Waals surface area contributed by atoms with Crippen LogP contribution in [0.4, 0.5) is 34.1 Å². The second-order valence-corrected chi connectivity index (χ2v) is 7.55. The summed E-state index contributed by atoms with van der Waals surface area (Å²) in [5.41, 5.74) is 44.7. The van der Waals surface area contributed by atoms with E-state index in [2.05, 4.69) is 0 Å². The fraction of sp³-hybridized carbons (Fsp3) is 0.250. The van der Waals surface area contributed by atoms with Gasteiger partial charge in [0.2, 0.25) is 0 Å². The van der Waals surface area contributed by atoms with Gasteiger partial charge in [0, 0.05) is 11.4 Å². The Bertz CT molecular complexity index is 812. The molecular weight excluding hydrogens is 372 g/mol. The Morgan fingerprint density at radius 1 is 0.367 bits per heavy atom. The lowest BCUT2D eigenvalue weighted by molar-refractivity contribution is 1.35. The molecule has 0 amide bonds. The standard InChI is InChI=1S/3C8H12N2/c1-5-3-4-7(9)6(2)8(5)10;1-5-3-4-7(9)8(10)6(5)2;1-5-3-4-6(2)8(10)7(5)9/h3*3-4H,9-10H2,1-2H3. The minimum Gasteiger partial charge on any atom is -0.398 e. The fourth-order valence-electron chi connectivity index (χ4n) is 2.59. The fourth-order valence-corrected chi connectivity index (χ4v) is 2.59. The summed E-state index contributed by atoms with van der Waals surface area (Å²) in [6.45, 7) is 11.8. The van der Waals surface area contributed by atoms with Crippen molar-refractivity contribution < 1.29 is 0 Å². The molecule has 6 nitrogen and oxygen atoms in total. The van der Waals surface area contributed by atoms with E-state index in [1.54, 1.807) is 0 Å².